The molecule has 25 heavy (non-hydrogen) atoms. The number of nitrogens with zero attached hydrogens (tertiary/aromatic N) is 1. The van der Waals surface area contributed by atoms with Gasteiger partial charge in [-0.15, -0.1) is 11.8 Å². The van der Waals surface area contributed by atoms with Crippen molar-refractivity contribution in [3.05, 3.63) is 35.6 Å². The summed E-state index contributed by atoms with van der Waals surface area (Å²) >= 11 is 1.63. The van der Waals surface area contributed by atoms with Crippen LogP contribution in [0.25, 0.3) is 0 Å². The number of nitrogens with one attached hydrogen (secondary N) is 1. The maximum atomic E-state index is 13.2. The second kappa shape index (κ2) is 8.21. The number of hydrogen-bond donors (Lipinski definition) is 1. The first kappa shape index (κ1) is 19.8. The van der Waals surface area contributed by atoms with E-state index in [0.29, 0.717) is 17.2 Å². The highest BCUT2D eigenvalue weighted by Crippen LogP contribution is 2.35. The summed E-state index contributed by atoms with van der Waals surface area (Å²) in [5.74, 6) is 0.392. The molecule has 0 saturated carbocycles. The molecule has 1 aromatic carbocycles. The van der Waals surface area contributed by atoms with Gasteiger partial charge in [0.05, 0.1) is 5.37 Å². The Bertz CT molecular complexity index is 618. The van der Waals surface area contributed by atoms with Crippen LogP contribution in [0, 0.1) is 17.7 Å². The number of hydrogen-bond acceptors (Lipinski definition) is 3. The predicted octanol–water partition coefficient (Wildman–Crippen LogP) is 3.53. The quantitative estimate of drug-likeness (QED) is 0.867. The van der Waals surface area contributed by atoms with Gasteiger partial charge in [-0.3, -0.25) is 9.59 Å². The third kappa shape index (κ3) is 4.54. The molecule has 0 bridgehead atoms. The number of thioether (sulfide) groups is 1. The molecule has 0 unspecified atom stereocenters. The molecule has 0 aromatic heterocycles. The van der Waals surface area contributed by atoms with Crippen molar-refractivity contribution in [2.24, 2.45) is 11.8 Å². The van der Waals surface area contributed by atoms with Crippen molar-refractivity contribution in [3.8, 4) is 0 Å². The van der Waals surface area contributed by atoms with Gasteiger partial charge in [0.25, 0.3) is 5.91 Å². The average molecular weight is 367 g/mol. The maximum absolute atomic E-state index is 13.2. The number of halogens is 1. The minimum Gasteiger partial charge on any atom is -0.352 e. The van der Waals surface area contributed by atoms with Crippen LogP contribution < -0.4 is 5.32 Å². The van der Waals surface area contributed by atoms with Gasteiger partial charge in [0.1, 0.15) is 11.9 Å². The van der Waals surface area contributed by atoms with Gasteiger partial charge in [-0.05, 0) is 43.0 Å². The SMILES string of the molecule is CC(C)[C@H](C)NC(=O)[C@H]1CS[C@H](C(C)C)N1C(=O)c1ccc(F)cc1. The molecule has 2 amide bonds. The Balaban J connectivity index is 2.25. The normalized spacial score (nSPS) is 21.7. The monoisotopic (exact) mass is 366 g/mol. The van der Waals surface area contributed by atoms with Crippen molar-refractivity contribution in [2.45, 2.75) is 52.1 Å². The van der Waals surface area contributed by atoms with Gasteiger partial charge in [-0.2, -0.15) is 0 Å². The average Bonchev–Trinajstić information content (AvgIpc) is 3.00. The van der Waals surface area contributed by atoms with Crippen LogP contribution in [0.5, 0.6) is 0 Å². The Kier molecular flexibility index (Phi) is 6.49. The smallest absolute Gasteiger partial charge is 0.255 e. The lowest BCUT2D eigenvalue weighted by Crippen LogP contribution is -2.53. The van der Waals surface area contributed by atoms with E-state index in [1.165, 1.54) is 24.3 Å². The van der Waals surface area contributed by atoms with Crippen molar-refractivity contribution in [2.75, 3.05) is 5.75 Å². The fraction of sp³-hybridized carbons (Fsp3) is 0.579. The van der Waals surface area contributed by atoms with Crippen LogP contribution in [-0.4, -0.2) is 39.9 Å². The number of rotatable bonds is 5. The lowest BCUT2D eigenvalue weighted by Gasteiger charge is -2.32. The van der Waals surface area contributed by atoms with E-state index in [4.69, 9.17) is 0 Å². The van der Waals surface area contributed by atoms with Crippen LogP contribution in [-0.2, 0) is 4.79 Å². The maximum Gasteiger partial charge on any atom is 0.255 e. The summed E-state index contributed by atoms with van der Waals surface area (Å²) < 4.78 is 13.2. The molecule has 1 aliphatic rings. The van der Waals surface area contributed by atoms with Gasteiger partial charge >= 0.3 is 0 Å². The molecular weight excluding hydrogens is 339 g/mol. The molecule has 6 heteroatoms. The fourth-order valence-corrected chi connectivity index (χ4v) is 4.21. The largest absolute Gasteiger partial charge is 0.352 e. The van der Waals surface area contributed by atoms with Crippen molar-refractivity contribution in [1.29, 1.82) is 0 Å². The molecule has 1 fully saturated rings. The molecular formula is C19H27FN2O2S. The zero-order valence-corrected chi connectivity index (χ0v) is 16.3. The Morgan fingerprint density at radius 3 is 2.28 bits per heavy atom. The van der Waals surface area contributed by atoms with E-state index in [-0.39, 0.29) is 35.0 Å². The molecule has 3 atom stereocenters. The molecule has 0 aliphatic carbocycles. The summed E-state index contributed by atoms with van der Waals surface area (Å²) in [5.41, 5.74) is 0.407. The van der Waals surface area contributed by atoms with Crippen LogP contribution in [0.1, 0.15) is 45.0 Å². The minimum atomic E-state index is -0.504. The molecule has 2 rings (SSSR count). The summed E-state index contributed by atoms with van der Waals surface area (Å²) in [6.07, 6.45) is 0. The van der Waals surface area contributed by atoms with E-state index in [0.717, 1.165) is 0 Å². The Hall–Kier alpha value is -1.56. The topological polar surface area (TPSA) is 49.4 Å². The van der Waals surface area contributed by atoms with Crippen molar-refractivity contribution >= 4 is 23.6 Å². The molecule has 1 saturated heterocycles. The first-order valence-corrected chi connectivity index (χ1v) is 9.77. The van der Waals surface area contributed by atoms with Gasteiger partial charge in [0, 0.05) is 17.4 Å². The Morgan fingerprint density at radius 2 is 1.76 bits per heavy atom. The summed E-state index contributed by atoms with van der Waals surface area (Å²) in [7, 11) is 0. The van der Waals surface area contributed by atoms with Crippen molar-refractivity contribution in [3.63, 3.8) is 0 Å². The highest BCUT2D eigenvalue weighted by molar-refractivity contribution is 8.00. The molecule has 4 nitrogen and oxygen atoms in total. The Morgan fingerprint density at radius 1 is 1.16 bits per heavy atom. The van der Waals surface area contributed by atoms with Gasteiger partial charge in [0.15, 0.2) is 0 Å². The molecule has 1 N–H and O–H groups in total. The van der Waals surface area contributed by atoms with Crippen LogP contribution in [0.2, 0.25) is 0 Å². The van der Waals surface area contributed by atoms with E-state index in [1.54, 1.807) is 16.7 Å². The zero-order valence-electron chi connectivity index (χ0n) is 15.5. The minimum absolute atomic E-state index is 0.0402. The molecule has 1 aliphatic heterocycles. The van der Waals surface area contributed by atoms with Crippen LogP contribution in [0.4, 0.5) is 4.39 Å². The van der Waals surface area contributed by atoms with Crippen LogP contribution >= 0.6 is 11.8 Å². The van der Waals surface area contributed by atoms with E-state index in [1.807, 2.05) is 34.6 Å². The van der Waals surface area contributed by atoms with Crippen molar-refractivity contribution in [1.82, 2.24) is 10.2 Å². The highest BCUT2D eigenvalue weighted by Gasteiger charge is 2.43. The number of amides is 2. The van der Waals surface area contributed by atoms with Gasteiger partial charge in [0.2, 0.25) is 5.91 Å². The van der Waals surface area contributed by atoms with E-state index >= 15 is 0 Å². The van der Waals surface area contributed by atoms with Gasteiger partial charge < -0.3 is 10.2 Å². The predicted molar refractivity (Wildman–Crippen MR) is 99.9 cm³/mol. The zero-order chi connectivity index (χ0) is 18.7. The lowest BCUT2D eigenvalue weighted by atomic mass is 10.1. The molecule has 138 valence electrons. The first-order valence-electron chi connectivity index (χ1n) is 8.72. The summed E-state index contributed by atoms with van der Waals surface area (Å²) in [4.78, 5) is 27.4. The standard InChI is InChI=1S/C19H27FN2O2S/c1-11(2)13(5)21-17(23)16-10-25-19(12(3)4)22(16)18(24)14-6-8-15(20)9-7-14/h6-9,11-13,16,19H,10H2,1-5H3,(H,21,23)/t13-,16+,19+/m0/s1. The third-order valence-corrected chi connectivity index (χ3v) is 6.22. The first-order chi connectivity index (χ1) is 11.7. The summed E-state index contributed by atoms with van der Waals surface area (Å²) in [5, 5.41) is 2.95. The molecule has 0 spiro atoms. The molecule has 1 heterocycles. The lowest BCUT2D eigenvalue weighted by molar-refractivity contribution is -0.125. The number of benzene rings is 1. The van der Waals surface area contributed by atoms with E-state index < -0.39 is 6.04 Å². The van der Waals surface area contributed by atoms with Crippen molar-refractivity contribution < 1.29 is 14.0 Å². The second-order valence-electron chi connectivity index (χ2n) is 7.24. The van der Waals surface area contributed by atoms with Gasteiger partial charge in [-0.25, -0.2) is 4.39 Å². The number of carbonyl (C=O) groups is 2. The highest BCUT2D eigenvalue weighted by atomic mass is 32.2. The molecule has 0 radical (unpaired) electrons. The second-order valence-corrected chi connectivity index (χ2v) is 8.39. The third-order valence-electron chi connectivity index (χ3n) is 4.60. The van der Waals surface area contributed by atoms with E-state index in [2.05, 4.69) is 5.32 Å². The fourth-order valence-electron chi connectivity index (χ4n) is 2.73. The summed E-state index contributed by atoms with van der Waals surface area (Å²) in [6, 6.07) is 5.04. The van der Waals surface area contributed by atoms with Crippen LogP contribution in [0.15, 0.2) is 24.3 Å². The van der Waals surface area contributed by atoms with E-state index in [9.17, 15) is 14.0 Å². The molecule has 1 aromatic rings. The summed E-state index contributed by atoms with van der Waals surface area (Å²) in [6.45, 7) is 10.1. The van der Waals surface area contributed by atoms with Gasteiger partial charge in [-0.1, -0.05) is 27.7 Å². The van der Waals surface area contributed by atoms with Crippen LogP contribution in [0.3, 0.4) is 0 Å². The Labute approximate surface area is 153 Å². The number of carbonyl (C=O) groups excluding carboxylic acids is 2.